The molecule has 124 valence electrons. The van der Waals surface area contributed by atoms with Gasteiger partial charge in [-0.25, -0.2) is 18.6 Å². The molecule has 0 unspecified atom stereocenters. The van der Waals surface area contributed by atoms with E-state index in [0.29, 0.717) is 9.98 Å². The quantitative estimate of drug-likeness (QED) is 0.108. The minimum Gasteiger partial charge on any atom is -0.506 e. The third-order valence-electron chi connectivity index (χ3n) is 2.52. The molecule has 1 rings (SSSR count). The smallest absolute Gasteiger partial charge is 0.343 e. The molecule has 23 heavy (non-hydrogen) atoms. The summed E-state index contributed by atoms with van der Waals surface area (Å²) in [6.45, 7) is 1.53. The van der Waals surface area contributed by atoms with Crippen LogP contribution < -0.4 is 0 Å². The predicted molar refractivity (Wildman–Crippen MR) is 87.6 cm³/mol. The molecule has 1 amide bonds. The molecule has 0 bridgehead atoms. The highest BCUT2D eigenvalue weighted by Crippen LogP contribution is 2.24. The Morgan fingerprint density at radius 3 is 2.70 bits per heavy atom. The lowest BCUT2D eigenvalue weighted by Crippen LogP contribution is -2.15. The van der Waals surface area contributed by atoms with E-state index in [0.717, 1.165) is 23.4 Å². The maximum absolute atomic E-state index is 13.9. The van der Waals surface area contributed by atoms with Gasteiger partial charge < -0.3 is 9.84 Å². The van der Waals surface area contributed by atoms with Crippen LogP contribution in [0.1, 0.15) is 12.5 Å². The lowest BCUT2D eigenvalue weighted by Gasteiger charge is -2.09. The van der Waals surface area contributed by atoms with Crippen molar-refractivity contribution in [1.82, 2.24) is 5.01 Å². The number of amides is 1. The van der Waals surface area contributed by atoms with Crippen LogP contribution in [-0.4, -0.2) is 42.4 Å². The number of benzene rings is 1. The lowest BCUT2D eigenvalue weighted by atomic mass is 10.1. The monoisotopic (exact) mass is 438 g/mol. The average Bonchev–Trinajstić information content (AvgIpc) is 2.50. The number of carbonyl (C=O) groups is 2. The van der Waals surface area contributed by atoms with Gasteiger partial charge in [-0.1, -0.05) is 0 Å². The van der Waals surface area contributed by atoms with E-state index in [-0.39, 0.29) is 6.61 Å². The molecule has 0 saturated heterocycles. The summed E-state index contributed by atoms with van der Waals surface area (Å²) in [6, 6.07) is 2.09. The highest BCUT2D eigenvalue weighted by Gasteiger charge is 2.21. The molecule has 0 saturated carbocycles. The first-order valence-electron chi connectivity index (χ1n) is 6.29. The highest BCUT2D eigenvalue weighted by molar-refractivity contribution is 14.1. The first-order valence-corrected chi connectivity index (χ1v) is 7.37. The van der Waals surface area contributed by atoms with Crippen molar-refractivity contribution in [2.24, 2.45) is 5.10 Å². The SMILES string of the molecule is CCOC(=O)C(C=NN(C)C=O)=C(O)c1cc(I)cc(F)c1F. The number of hydrogen-bond donors (Lipinski definition) is 1. The summed E-state index contributed by atoms with van der Waals surface area (Å²) in [5.41, 5.74) is -1.03. The first kappa shape index (κ1) is 19.0. The zero-order valence-corrected chi connectivity index (χ0v) is 14.4. The van der Waals surface area contributed by atoms with Crippen molar-refractivity contribution in [1.29, 1.82) is 0 Å². The van der Waals surface area contributed by atoms with Crippen LogP contribution in [0, 0.1) is 15.2 Å². The first-order chi connectivity index (χ1) is 10.8. The fraction of sp³-hybridized carbons (Fsp3) is 0.214. The number of hydrogen-bond acceptors (Lipinski definition) is 5. The molecule has 1 aromatic rings. The second kappa shape index (κ2) is 8.56. The van der Waals surface area contributed by atoms with Gasteiger partial charge in [-0.2, -0.15) is 5.10 Å². The maximum atomic E-state index is 13.9. The minimum absolute atomic E-state index is 0.00383. The number of aliphatic hydroxyl groups is 1. The van der Waals surface area contributed by atoms with E-state index < -0.39 is 34.5 Å². The second-order valence-electron chi connectivity index (χ2n) is 4.16. The van der Waals surface area contributed by atoms with E-state index in [4.69, 9.17) is 4.74 Å². The zero-order valence-electron chi connectivity index (χ0n) is 12.2. The third-order valence-corrected chi connectivity index (χ3v) is 3.14. The number of ether oxygens (including phenoxy) is 1. The molecular weight excluding hydrogens is 425 g/mol. The molecule has 0 aromatic heterocycles. The van der Waals surface area contributed by atoms with E-state index >= 15 is 0 Å². The van der Waals surface area contributed by atoms with Crippen LogP contribution in [0.2, 0.25) is 0 Å². The van der Waals surface area contributed by atoms with Crippen molar-refractivity contribution in [2.45, 2.75) is 6.92 Å². The summed E-state index contributed by atoms with van der Waals surface area (Å²) in [5.74, 6) is -4.33. The van der Waals surface area contributed by atoms with Gasteiger partial charge in [0.25, 0.3) is 0 Å². The zero-order chi connectivity index (χ0) is 17.6. The minimum atomic E-state index is -1.32. The maximum Gasteiger partial charge on any atom is 0.343 e. The van der Waals surface area contributed by atoms with Crippen LogP contribution in [0.15, 0.2) is 22.8 Å². The fourth-order valence-electron chi connectivity index (χ4n) is 1.47. The van der Waals surface area contributed by atoms with Gasteiger partial charge in [-0.3, -0.25) is 4.79 Å². The molecule has 0 aliphatic heterocycles. The molecule has 9 heteroatoms. The number of rotatable bonds is 6. The van der Waals surface area contributed by atoms with Crippen LogP contribution in [0.4, 0.5) is 8.78 Å². The Balaban J connectivity index is 3.48. The average molecular weight is 438 g/mol. The van der Waals surface area contributed by atoms with Crippen molar-refractivity contribution in [2.75, 3.05) is 13.7 Å². The van der Waals surface area contributed by atoms with E-state index in [1.54, 1.807) is 22.6 Å². The number of carbonyl (C=O) groups excluding carboxylic acids is 2. The Hall–Kier alpha value is -2.04. The van der Waals surface area contributed by atoms with E-state index in [1.807, 2.05) is 0 Å². The number of aliphatic hydroxyl groups excluding tert-OH is 1. The van der Waals surface area contributed by atoms with Gasteiger partial charge in [0.1, 0.15) is 11.3 Å². The van der Waals surface area contributed by atoms with Crippen LogP contribution >= 0.6 is 22.6 Å². The molecule has 1 aromatic carbocycles. The van der Waals surface area contributed by atoms with E-state index in [9.17, 15) is 23.5 Å². The van der Waals surface area contributed by atoms with Crippen LogP contribution in [0.5, 0.6) is 0 Å². The van der Waals surface area contributed by atoms with Crippen LogP contribution in [-0.2, 0) is 14.3 Å². The predicted octanol–water partition coefficient (Wildman–Crippen LogP) is 2.48. The summed E-state index contributed by atoms with van der Waals surface area (Å²) >= 11 is 1.73. The van der Waals surface area contributed by atoms with Crippen LogP contribution in [0.25, 0.3) is 5.76 Å². The number of halogens is 3. The molecular formula is C14H13F2IN2O4. The topological polar surface area (TPSA) is 79.2 Å². The van der Waals surface area contributed by atoms with Gasteiger partial charge in [0.2, 0.25) is 6.41 Å². The van der Waals surface area contributed by atoms with Gasteiger partial charge >= 0.3 is 5.97 Å². The van der Waals surface area contributed by atoms with Gasteiger partial charge in [0.15, 0.2) is 11.6 Å². The number of hydrazone groups is 1. The molecule has 0 fully saturated rings. The molecule has 6 nitrogen and oxygen atoms in total. The fourth-order valence-corrected chi connectivity index (χ4v) is 2.05. The molecule has 0 atom stereocenters. The highest BCUT2D eigenvalue weighted by atomic mass is 127. The summed E-state index contributed by atoms with van der Waals surface area (Å²) in [5, 5.41) is 14.6. The summed E-state index contributed by atoms with van der Waals surface area (Å²) < 4.78 is 32.4. The molecule has 0 spiro atoms. The lowest BCUT2D eigenvalue weighted by molar-refractivity contribution is -0.137. The summed E-state index contributed by atoms with van der Waals surface area (Å²) in [7, 11) is 1.29. The van der Waals surface area contributed by atoms with Crippen molar-refractivity contribution >= 4 is 46.9 Å². The Labute approximate surface area is 144 Å². The van der Waals surface area contributed by atoms with Crippen molar-refractivity contribution < 1.29 is 28.2 Å². The molecule has 0 heterocycles. The van der Waals surface area contributed by atoms with Gasteiger partial charge in [0.05, 0.1) is 18.4 Å². The molecule has 0 aliphatic carbocycles. The van der Waals surface area contributed by atoms with Crippen molar-refractivity contribution in [3.8, 4) is 0 Å². The van der Waals surface area contributed by atoms with Gasteiger partial charge in [-0.15, -0.1) is 0 Å². The Kier molecular flexibility index (Phi) is 7.07. The third kappa shape index (κ3) is 4.98. The van der Waals surface area contributed by atoms with Crippen molar-refractivity contribution in [3.63, 3.8) is 0 Å². The molecule has 1 N–H and O–H groups in total. The van der Waals surface area contributed by atoms with E-state index in [1.165, 1.54) is 14.0 Å². The summed E-state index contributed by atoms with van der Waals surface area (Å²) in [6.07, 6.45) is 1.18. The van der Waals surface area contributed by atoms with E-state index in [2.05, 4.69) is 5.10 Å². The standard InChI is InChI=1S/C14H13F2IN2O4/c1-3-23-14(22)10(6-18-19(2)7-20)13(21)9-4-8(17)5-11(15)12(9)16/h4-7,21H,3H2,1-2H3. The summed E-state index contributed by atoms with van der Waals surface area (Å²) in [4.78, 5) is 22.4. The Morgan fingerprint density at radius 1 is 1.48 bits per heavy atom. The number of esters is 1. The van der Waals surface area contributed by atoms with Gasteiger partial charge in [-0.05, 0) is 41.6 Å². The molecule has 0 aliphatic rings. The largest absolute Gasteiger partial charge is 0.506 e. The molecule has 0 radical (unpaired) electrons. The number of nitrogens with zero attached hydrogens (tertiary/aromatic N) is 2. The van der Waals surface area contributed by atoms with Gasteiger partial charge in [0, 0.05) is 10.6 Å². The second-order valence-corrected chi connectivity index (χ2v) is 5.40. The normalized spacial score (nSPS) is 12.0. The van der Waals surface area contributed by atoms with Crippen LogP contribution in [0.3, 0.4) is 0 Å². The Bertz CT molecular complexity index is 677. The Morgan fingerprint density at radius 2 is 2.13 bits per heavy atom. The van der Waals surface area contributed by atoms with Crippen molar-refractivity contribution in [3.05, 3.63) is 38.5 Å².